The van der Waals surface area contributed by atoms with E-state index < -0.39 is 51.7 Å². The zero-order valence-electron chi connectivity index (χ0n) is 15.9. The Morgan fingerprint density at radius 2 is 1.37 bits per heavy atom. The van der Waals surface area contributed by atoms with Crippen molar-refractivity contribution in [3.8, 4) is 11.1 Å². The van der Waals surface area contributed by atoms with Crippen molar-refractivity contribution < 1.29 is 31.9 Å². The van der Waals surface area contributed by atoms with Crippen LogP contribution in [0.1, 0.15) is 34.0 Å². The Balaban J connectivity index is 2.10. The van der Waals surface area contributed by atoms with Crippen LogP contribution in [0.4, 0.5) is 22.0 Å². The third-order valence-corrected chi connectivity index (χ3v) is 4.90. The summed E-state index contributed by atoms with van der Waals surface area (Å²) in [6, 6.07) is 9.48. The van der Waals surface area contributed by atoms with Gasteiger partial charge in [-0.2, -0.15) is 0 Å². The van der Waals surface area contributed by atoms with Crippen molar-refractivity contribution in [2.75, 3.05) is 0 Å². The molecule has 0 radical (unpaired) electrons. The highest BCUT2D eigenvalue weighted by Crippen LogP contribution is 2.33. The largest absolute Gasteiger partial charge is 0.477 e. The molecule has 0 amide bonds. The van der Waals surface area contributed by atoms with Crippen molar-refractivity contribution in [1.82, 2.24) is 0 Å². The Kier molecular flexibility index (Phi) is 6.20. The number of aryl methyl sites for hydroxylation is 3. The average Bonchev–Trinajstić information content (AvgIpc) is 2.70. The molecule has 3 aromatic rings. The molecule has 30 heavy (non-hydrogen) atoms. The molecule has 0 atom stereocenters. The molecule has 0 bridgehead atoms. The Morgan fingerprint density at radius 3 is 1.90 bits per heavy atom. The molecule has 2 nitrogen and oxygen atoms in total. The first kappa shape index (κ1) is 21.5. The minimum absolute atomic E-state index is 0.0139. The summed E-state index contributed by atoms with van der Waals surface area (Å²) in [6.45, 7) is 2.00. The minimum atomic E-state index is -1.86. The van der Waals surface area contributed by atoms with Crippen LogP contribution in [0.3, 0.4) is 0 Å². The molecular formula is C23H17F5O2. The van der Waals surface area contributed by atoms with Crippen LogP contribution in [0.2, 0.25) is 0 Å². The van der Waals surface area contributed by atoms with Crippen molar-refractivity contribution in [1.29, 1.82) is 0 Å². The highest BCUT2D eigenvalue weighted by atomic mass is 19.2. The van der Waals surface area contributed by atoms with E-state index >= 15 is 0 Å². The molecule has 0 aliphatic heterocycles. The third kappa shape index (κ3) is 4.20. The summed E-state index contributed by atoms with van der Waals surface area (Å²) in [5, 5.41) is 9.13. The fourth-order valence-electron chi connectivity index (χ4n) is 3.29. The van der Waals surface area contributed by atoms with Gasteiger partial charge >= 0.3 is 5.97 Å². The van der Waals surface area contributed by atoms with Crippen molar-refractivity contribution >= 4 is 5.97 Å². The molecule has 0 heterocycles. The van der Waals surface area contributed by atoms with Gasteiger partial charge in [-0.05, 0) is 59.7 Å². The van der Waals surface area contributed by atoms with Crippen LogP contribution < -0.4 is 0 Å². The fraction of sp³-hybridized carbons (Fsp3) is 0.174. The number of carboxylic acids is 1. The first-order valence-electron chi connectivity index (χ1n) is 9.19. The highest BCUT2D eigenvalue weighted by molar-refractivity contribution is 5.91. The molecule has 0 unspecified atom stereocenters. The minimum Gasteiger partial charge on any atom is -0.477 e. The molecule has 0 aromatic heterocycles. The van der Waals surface area contributed by atoms with Crippen LogP contribution in [0.15, 0.2) is 42.5 Å². The average molecular weight is 420 g/mol. The van der Waals surface area contributed by atoms with Gasteiger partial charge < -0.3 is 5.11 Å². The summed E-state index contributed by atoms with van der Waals surface area (Å²) in [5.74, 6) is -9.50. The van der Waals surface area contributed by atoms with Crippen LogP contribution >= 0.6 is 0 Å². The maximum Gasteiger partial charge on any atom is 0.341 e. The molecule has 7 heteroatoms. The summed E-state index contributed by atoms with van der Waals surface area (Å²) in [4.78, 5) is 11.3. The van der Waals surface area contributed by atoms with Gasteiger partial charge in [-0.15, -0.1) is 0 Å². The molecule has 0 aliphatic carbocycles. The van der Waals surface area contributed by atoms with E-state index in [1.807, 2.05) is 31.2 Å². The van der Waals surface area contributed by atoms with E-state index in [0.717, 1.165) is 23.6 Å². The van der Waals surface area contributed by atoms with Gasteiger partial charge in [0.25, 0.3) is 0 Å². The van der Waals surface area contributed by atoms with Crippen LogP contribution in [0.25, 0.3) is 11.1 Å². The van der Waals surface area contributed by atoms with Gasteiger partial charge in [0, 0.05) is 5.56 Å². The quantitative estimate of drug-likeness (QED) is 0.387. The van der Waals surface area contributed by atoms with E-state index in [9.17, 15) is 26.7 Å². The smallest absolute Gasteiger partial charge is 0.341 e. The van der Waals surface area contributed by atoms with E-state index in [4.69, 9.17) is 5.11 Å². The number of hydrogen-bond donors (Lipinski definition) is 1. The van der Waals surface area contributed by atoms with E-state index in [0.29, 0.717) is 18.6 Å². The second kappa shape index (κ2) is 8.65. The van der Waals surface area contributed by atoms with Crippen LogP contribution in [-0.4, -0.2) is 11.1 Å². The zero-order valence-corrected chi connectivity index (χ0v) is 15.9. The SMILES string of the molecule is CCc1ccc(CCc2cc(F)c(C(=O)O)c(F)c2-c2cc(F)c(F)c(F)c2)cc1. The maximum atomic E-state index is 15.0. The molecule has 0 aliphatic rings. The topological polar surface area (TPSA) is 37.3 Å². The van der Waals surface area contributed by atoms with Crippen molar-refractivity contribution in [2.24, 2.45) is 0 Å². The standard InChI is InChI=1S/C23H17F5O2/c1-2-12-3-5-13(6-4-12)7-8-14-9-16(24)20(23(29)30)22(28)19(14)15-10-17(25)21(27)18(26)11-15/h3-6,9-11H,2,7-8H2,1H3,(H,29,30). The third-order valence-electron chi connectivity index (χ3n) is 4.90. The van der Waals surface area contributed by atoms with Gasteiger partial charge in [0.1, 0.15) is 17.2 Å². The number of halogens is 5. The number of benzene rings is 3. The molecular weight excluding hydrogens is 403 g/mol. The van der Waals surface area contributed by atoms with Gasteiger partial charge in [-0.1, -0.05) is 31.2 Å². The summed E-state index contributed by atoms with van der Waals surface area (Å²) in [6.07, 6.45) is 1.25. The Bertz CT molecular complexity index is 1080. The number of aromatic carboxylic acids is 1. The molecule has 0 saturated heterocycles. The first-order chi connectivity index (χ1) is 14.2. The molecule has 0 saturated carbocycles. The molecule has 3 aromatic carbocycles. The lowest BCUT2D eigenvalue weighted by molar-refractivity contribution is 0.0686. The number of rotatable bonds is 6. The first-order valence-corrected chi connectivity index (χ1v) is 9.19. The van der Waals surface area contributed by atoms with Gasteiger partial charge in [0.2, 0.25) is 0 Å². The Labute approximate surface area is 169 Å². The van der Waals surface area contributed by atoms with Gasteiger partial charge in [0.15, 0.2) is 17.5 Å². The summed E-state index contributed by atoms with van der Waals surface area (Å²) < 4.78 is 70.0. The lowest BCUT2D eigenvalue weighted by Gasteiger charge is -2.15. The summed E-state index contributed by atoms with van der Waals surface area (Å²) in [7, 11) is 0. The van der Waals surface area contributed by atoms with Crippen LogP contribution in [0, 0.1) is 29.1 Å². The number of carboxylic acid groups (broad SMARTS) is 1. The Hall–Kier alpha value is -3.22. The number of carbonyl (C=O) groups is 1. The normalized spacial score (nSPS) is 11.0. The number of hydrogen-bond acceptors (Lipinski definition) is 1. The van der Waals surface area contributed by atoms with Crippen LogP contribution in [0.5, 0.6) is 0 Å². The second-order valence-corrected chi connectivity index (χ2v) is 6.81. The fourth-order valence-corrected chi connectivity index (χ4v) is 3.29. The second-order valence-electron chi connectivity index (χ2n) is 6.81. The summed E-state index contributed by atoms with van der Waals surface area (Å²) >= 11 is 0. The monoisotopic (exact) mass is 420 g/mol. The van der Waals surface area contributed by atoms with Crippen molar-refractivity contribution in [3.63, 3.8) is 0 Å². The van der Waals surface area contributed by atoms with E-state index in [-0.39, 0.29) is 12.0 Å². The van der Waals surface area contributed by atoms with Gasteiger partial charge in [0.05, 0.1) is 0 Å². The van der Waals surface area contributed by atoms with E-state index in [1.54, 1.807) is 0 Å². The maximum absolute atomic E-state index is 15.0. The molecule has 0 spiro atoms. The highest BCUT2D eigenvalue weighted by Gasteiger charge is 2.25. The van der Waals surface area contributed by atoms with Crippen molar-refractivity contribution in [2.45, 2.75) is 26.2 Å². The lowest BCUT2D eigenvalue weighted by atomic mass is 9.92. The molecule has 1 N–H and O–H groups in total. The van der Waals surface area contributed by atoms with Crippen LogP contribution in [-0.2, 0) is 19.3 Å². The van der Waals surface area contributed by atoms with Crippen molar-refractivity contribution in [3.05, 3.63) is 93.8 Å². The summed E-state index contributed by atoms with van der Waals surface area (Å²) in [5.41, 5.74) is -0.150. The lowest BCUT2D eigenvalue weighted by Crippen LogP contribution is -2.10. The molecule has 156 valence electrons. The molecule has 3 rings (SSSR count). The predicted octanol–water partition coefficient (Wildman–Crippen LogP) is 6.09. The van der Waals surface area contributed by atoms with Gasteiger partial charge in [-0.3, -0.25) is 0 Å². The van der Waals surface area contributed by atoms with E-state index in [2.05, 4.69) is 0 Å². The van der Waals surface area contributed by atoms with E-state index in [1.165, 1.54) is 0 Å². The molecule has 0 fully saturated rings. The zero-order chi connectivity index (χ0) is 22.0. The predicted molar refractivity (Wildman–Crippen MR) is 102 cm³/mol. The van der Waals surface area contributed by atoms with Gasteiger partial charge in [-0.25, -0.2) is 26.7 Å². The Morgan fingerprint density at radius 1 is 0.800 bits per heavy atom.